The van der Waals surface area contributed by atoms with Gasteiger partial charge in [0.05, 0.1) is 5.69 Å². The van der Waals surface area contributed by atoms with Crippen LogP contribution in [0.25, 0.3) is 11.0 Å². The molecule has 0 aliphatic rings. The molecule has 2 heterocycles. The summed E-state index contributed by atoms with van der Waals surface area (Å²) >= 11 is 4.89. The van der Waals surface area contributed by atoms with Gasteiger partial charge in [-0.05, 0) is 39.0 Å². The van der Waals surface area contributed by atoms with Gasteiger partial charge in [-0.3, -0.25) is 10.1 Å². The van der Waals surface area contributed by atoms with Crippen LogP contribution in [0.3, 0.4) is 0 Å². The third kappa shape index (κ3) is 2.61. The number of carbonyl (C=O) groups is 1. The van der Waals surface area contributed by atoms with Crippen molar-refractivity contribution in [2.24, 2.45) is 0 Å². The van der Waals surface area contributed by atoms with Crippen molar-refractivity contribution in [3.63, 3.8) is 0 Å². The summed E-state index contributed by atoms with van der Waals surface area (Å²) in [6.07, 6.45) is 0. The van der Waals surface area contributed by atoms with E-state index >= 15 is 0 Å². The van der Waals surface area contributed by atoms with Crippen LogP contribution in [0.2, 0.25) is 0 Å². The molecule has 4 nitrogen and oxygen atoms in total. The number of halogens is 1. The third-order valence-electron chi connectivity index (χ3n) is 3.35. The molecule has 0 saturated heterocycles. The first-order valence-electron chi connectivity index (χ1n) is 6.39. The highest BCUT2D eigenvalue weighted by Crippen LogP contribution is 2.29. The maximum absolute atomic E-state index is 12.4. The average Bonchev–Trinajstić information content (AvgIpc) is 2.91. The number of hydrogen-bond donors (Lipinski definition) is 1. The van der Waals surface area contributed by atoms with E-state index in [1.165, 1.54) is 11.3 Å². The molecule has 0 saturated carbocycles. The van der Waals surface area contributed by atoms with Crippen LogP contribution in [0.5, 0.6) is 0 Å². The number of amides is 1. The average molecular weight is 365 g/mol. The minimum absolute atomic E-state index is 0.270. The molecular formula is C15H13BrN2O2S. The van der Waals surface area contributed by atoms with Crippen LogP contribution in [0.1, 0.15) is 26.7 Å². The normalized spacial score (nSPS) is 11.0. The summed E-state index contributed by atoms with van der Waals surface area (Å²) in [5.41, 5.74) is 2.46. The van der Waals surface area contributed by atoms with Crippen LogP contribution in [-0.4, -0.2) is 10.9 Å². The minimum atomic E-state index is -0.270. The SMILES string of the molecule is Cc1nc(NC(=O)c2oc3ccc(Br)cc3c2C)sc1C. The third-order valence-corrected chi connectivity index (χ3v) is 4.83. The minimum Gasteiger partial charge on any atom is -0.451 e. The summed E-state index contributed by atoms with van der Waals surface area (Å²) in [6, 6.07) is 5.68. The molecule has 6 heteroatoms. The second kappa shape index (κ2) is 5.27. The van der Waals surface area contributed by atoms with E-state index in [0.29, 0.717) is 16.5 Å². The predicted molar refractivity (Wildman–Crippen MR) is 88.2 cm³/mol. The smallest absolute Gasteiger partial charge is 0.293 e. The van der Waals surface area contributed by atoms with Crippen molar-refractivity contribution in [2.45, 2.75) is 20.8 Å². The van der Waals surface area contributed by atoms with Crippen molar-refractivity contribution in [1.29, 1.82) is 0 Å². The lowest BCUT2D eigenvalue weighted by atomic mass is 10.1. The van der Waals surface area contributed by atoms with Crippen LogP contribution >= 0.6 is 27.3 Å². The Morgan fingerprint density at radius 2 is 2.10 bits per heavy atom. The number of thiazole rings is 1. The van der Waals surface area contributed by atoms with Gasteiger partial charge in [0.25, 0.3) is 5.91 Å². The summed E-state index contributed by atoms with van der Waals surface area (Å²) in [5.74, 6) is 0.0576. The summed E-state index contributed by atoms with van der Waals surface area (Å²) < 4.78 is 6.62. The van der Waals surface area contributed by atoms with Gasteiger partial charge >= 0.3 is 0 Å². The van der Waals surface area contributed by atoms with E-state index in [1.807, 2.05) is 39.0 Å². The molecule has 21 heavy (non-hydrogen) atoms. The Balaban J connectivity index is 1.96. The number of rotatable bonds is 2. The zero-order valence-electron chi connectivity index (χ0n) is 11.8. The monoisotopic (exact) mass is 364 g/mol. The number of benzene rings is 1. The van der Waals surface area contributed by atoms with E-state index in [9.17, 15) is 4.79 Å². The zero-order valence-corrected chi connectivity index (χ0v) is 14.2. The molecule has 1 aromatic carbocycles. The standard InChI is InChI=1S/C15H13BrN2O2S/c1-7-11-6-10(16)4-5-12(11)20-13(7)14(19)18-15-17-8(2)9(3)21-15/h4-6H,1-3H3,(H,17,18,19). The fourth-order valence-corrected chi connectivity index (χ4v) is 3.26. The Hall–Kier alpha value is -1.66. The Labute approximate surface area is 134 Å². The lowest BCUT2D eigenvalue weighted by molar-refractivity contribution is 0.0998. The molecular weight excluding hydrogens is 352 g/mol. The number of nitrogens with zero attached hydrogens (tertiary/aromatic N) is 1. The number of aromatic nitrogens is 1. The Morgan fingerprint density at radius 1 is 1.33 bits per heavy atom. The first kappa shape index (κ1) is 14.3. The molecule has 0 atom stereocenters. The largest absolute Gasteiger partial charge is 0.451 e. The fourth-order valence-electron chi connectivity index (χ4n) is 2.09. The van der Waals surface area contributed by atoms with Gasteiger partial charge in [-0.25, -0.2) is 4.98 Å². The highest BCUT2D eigenvalue weighted by molar-refractivity contribution is 9.10. The van der Waals surface area contributed by atoms with E-state index < -0.39 is 0 Å². The van der Waals surface area contributed by atoms with Gasteiger partial charge in [-0.15, -0.1) is 11.3 Å². The molecule has 3 aromatic rings. The summed E-state index contributed by atoms with van der Waals surface area (Å²) in [6.45, 7) is 5.78. The molecule has 0 radical (unpaired) electrons. The molecule has 0 spiro atoms. The highest BCUT2D eigenvalue weighted by Gasteiger charge is 2.19. The number of fused-ring (bicyclic) bond motifs is 1. The van der Waals surface area contributed by atoms with E-state index in [1.54, 1.807) is 0 Å². The second-order valence-electron chi connectivity index (χ2n) is 4.81. The molecule has 0 fully saturated rings. The van der Waals surface area contributed by atoms with Crippen LogP contribution in [0.4, 0.5) is 5.13 Å². The van der Waals surface area contributed by atoms with Gasteiger partial charge in [0, 0.05) is 20.3 Å². The molecule has 1 N–H and O–H groups in total. The quantitative estimate of drug-likeness (QED) is 0.708. The summed E-state index contributed by atoms with van der Waals surface area (Å²) in [5, 5.41) is 4.32. The Bertz CT molecular complexity index is 831. The number of carbonyl (C=O) groups excluding carboxylic acids is 1. The van der Waals surface area contributed by atoms with Crippen molar-refractivity contribution in [1.82, 2.24) is 4.98 Å². The predicted octanol–water partition coefficient (Wildman–Crippen LogP) is 4.83. The van der Waals surface area contributed by atoms with Crippen molar-refractivity contribution >= 4 is 49.3 Å². The lowest BCUT2D eigenvalue weighted by Gasteiger charge is -1.98. The van der Waals surface area contributed by atoms with Gasteiger partial charge in [-0.1, -0.05) is 15.9 Å². The van der Waals surface area contributed by atoms with E-state index in [0.717, 1.165) is 26.0 Å². The van der Waals surface area contributed by atoms with Gasteiger partial charge < -0.3 is 4.42 Å². The van der Waals surface area contributed by atoms with Crippen LogP contribution in [0, 0.1) is 20.8 Å². The number of nitrogens with one attached hydrogen (secondary N) is 1. The van der Waals surface area contributed by atoms with Crippen molar-refractivity contribution in [3.8, 4) is 0 Å². The second-order valence-corrected chi connectivity index (χ2v) is 6.93. The van der Waals surface area contributed by atoms with Crippen LogP contribution in [0.15, 0.2) is 27.1 Å². The molecule has 1 amide bonds. The fraction of sp³-hybridized carbons (Fsp3) is 0.200. The van der Waals surface area contributed by atoms with Gasteiger partial charge in [0.15, 0.2) is 10.9 Å². The topological polar surface area (TPSA) is 55.1 Å². The summed E-state index contributed by atoms with van der Waals surface area (Å²) in [7, 11) is 0. The molecule has 3 rings (SSSR count). The van der Waals surface area contributed by atoms with Crippen molar-refractivity contribution in [2.75, 3.05) is 5.32 Å². The molecule has 0 bridgehead atoms. The number of furan rings is 1. The first-order chi connectivity index (χ1) is 9.95. The maximum Gasteiger partial charge on any atom is 0.293 e. The molecule has 0 aliphatic heterocycles. The van der Waals surface area contributed by atoms with Crippen molar-refractivity contribution in [3.05, 3.63) is 44.6 Å². The lowest BCUT2D eigenvalue weighted by Crippen LogP contribution is -2.11. The van der Waals surface area contributed by atoms with E-state index in [2.05, 4.69) is 26.2 Å². The van der Waals surface area contributed by atoms with E-state index in [4.69, 9.17) is 4.42 Å². The van der Waals surface area contributed by atoms with Gasteiger partial charge in [0.2, 0.25) is 0 Å². The molecule has 0 unspecified atom stereocenters. The molecule has 0 aliphatic carbocycles. The van der Waals surface area contributed by atoms with Gasteiger partial charge in [0.1, 0.15) is 5.58 Å². The number of hydrogen-bond acceptors (Lipinski definition) is 4. The highest BCUT2D eigenvalue weighted by atomic mass is 79.9. The van der Waals surface area contributed by atoms with E-state index in [-0.39, 0.29) is 5.91 Å². The summed E-state index contributed by atoms with van der Waals surface area (Å²) in [4.78, 5) is 17.8. The Morgan fingerprint density at radius 3 is 2.76 bits per heavy atom. The van der Waals surface area contributed by atoms with Crippen LogP contribution in [-0.2, 0) is 0 Å². The zero-order chi connectivity index (χ0) is 15.1. The number of aryl methyl sites for hydroxylation is 3. The maximum atomic E-state index is 12.4. The first-order valence-corrected chi connectivity index (χ1v) is 8.00. The van der Waals surface area contributed by atoms with Gasteiger partial charge in [-0.2, -0.15) is 0 Å². The number of anilines is 1. The molecule has 108 valence electrons. The Kier molecular flexibility index (Phi) is 3.59. The van der Waals surface area contributed by atoms with Crippen LogP contribution < -0.4 is 5.32 Å². The van der Waals surface area contributed by atoms with Crippen molar-refractivity contribution < 1.29 is 9.21 Å². The molecule has 2 aromatic heterocycles.